The second kappa shape index (κ2) is 6.29. The van der Waals surface area contributed by atoms with Crippen LogP contribution < -0.4 is 0 Å². The third kappa shape index (κ3) is 3.33. The number of aliphatic carboxylic acids is 1. The Morgan fingerprint density at radius 2 is 1.92 bits per heavy atom. The van der Waals surface area contributed by atoms with Gasteiger partial charge < -0.3 is 10.0 Å². The molecule has 0 aromatic carbocycles. The number of carboxylic acid groups (broad SMARTS) is 1. The molecule has 0 spiro atoms. The molecular weight excluding hydrogens is 357 g/mol. The zero-order valence-corrected chi connectivity index (χ0v) is 14.1. The number of fused-ring (bicyclic) bond motifs is 1. The van der Waals surface area contributed by atoms with Crippen molar-refractivity contribution in [1.29, 1.82) is 0 Å². The van der Waals surface area contributed by atoms with Crippen molar-refractivity contribution >= 4 is 33.4 Å². The van der Waals surface area contributed by atoms with E-state index in [2.05, 4.69) is 4.98 Å². The van der Waals surface area contributed by atoms with Crippen molar-refractivity contribution in [3.05, 3.63) is 28.3 Å². The molecule has 0 atom stereocenters. The SMILES string of the molecule is Cc1c(C(=O)N2CCC(C(=O)O)CC2)sc2nc(C(F)(F)F)ccc12. The van der Waals surface area contributed by atoms with Crippen LogP contribution in [0.4, 0.5) is 13.2 Å². The van der Waals surface area contributed by atoms with Crippen LogP contribution in [-0.2, 0) is 11.0 Å². The maximum Gasteiger partial charge on any atom is 0.433 e. The summed E-state index contributed by atoms with van der Waals surface area (Å²) in [5, 5.41) is 9.54. The summed E-state index contributed by atoms with van der Waals surface area (Å²) in [6.45, 7) is 2.33. The lowest BCUT2D eigenvalue weighted by Crippen LogP contribution is -2.40. The van der Waals surface area contributed by atoms with E-state index >= 15 is 0 Å². The summed E-state index contributed by atoms with van der Waals surface area (Å²) in [6.07, 6.45) is -3.78. The van der Waals surface area contributed by atoms with Crippen LogP contribution in [0.3, 0.4) is 0 Å². The van der Waals surface area contributed by atoms with Crippen LogP contribution in [-0.4, -0.2) is 40.0 Å². The number of carbonyl (C=O) groups is 2. The quantitative estimate of drug-likeness (QED) is 0.875. The van der Waals surface area contributed by atoms with E-state index in [-0.39, 0.29) is 10.7 Å². The van der Waals surface area contributed by atoms with Crippen molar-refractivity contribution in [2.75, 3.05) is 13.1 Å². The van der Waals surface area contributed by atoms with E-state index in [1.807, 2.05) is 0 Å². The molecule has 1 aliphatic rings. The van der Waals surface area contributed by atoms with Gasteiger partial charge in [-0.15, -0.1) is 11.3 Å². The number of rotatable bonds is 2. The molecule has 3 heterocycles. The molecule has 134 valence electrons. The molecule has 0 unspecified atom stereocenters. The van der Waals surface area contributed by atoms with Gasteiger partial charge in [0.2, 0.25) is 0 Å². The molecule has 0 aliphatic carbocycles. The normalized spacial score (nSPS) is 16.4. The van der Waals surface area contributed by atoms with Gasteiger partial charge in [-0.2, -0.15) is 13.2 Å². The fourth-order valence-electron chi connectivity index (χ4n) is 2.93. The van der Waals surface area contributed by atoms with Crippen LogP contribution in [0.15, 0.2) is 12.1 Å². The van der Waals surface area contributed by atoms with Gasteiger partial charge in [-0.1, -0.05) is 0 Å². The Kier molecular flexibility index (Phi) is 4.44. The standard InChI is InChI=1S/C16H15F3N2O3S/c1-8-10-2-3-11(16(17,18)19)20-13(10)25-12(8)14(22)21-6-4-9(5-7-21)15(23)24/h2-3,9H,4-7H2,1H3,(H,23,24). The molecular formula is C16H15F3N2O3S. The van der Waals surface area contributed by atoms with Gasteiger partial charge in [-0.25, -0.2) is 4.98 Å². The van der Waals surface area contributed by atoms with Gasteiger partial charge in [0.05, 0.1) is 10.8 Å². The summed E-state index contributed by atoms with van der Waals surface area (Å²) in [7, 11) is 0. The first kappa shape index (κ1) is 17.7. The number of aromatic nitrogens is 1. The number of halogens is 3. The zero-order chi connectivity index (χ0) is 18.4. The Balaban J connectivity index is 1.87. The van der Waals surface area contributed by atoms with Gasteiger partial charge in [0.15, 0.2) is 0 Å². The van der Waals surface area contributed by atoms with Crippen molar-refractivity contribution in [1.82, 2.24) is 9.88 Å². The average molecular weight is 372 g/mol. The maximum atomic E-state index is 12.8. The molecule has 0 saturated carbocycles. The van der Waals surface area contributed by atoms with E-state index in [4.69, 9.17) is 5.11 Å². The van der Waals surface area contributed by atoms with E-state index in [1.54, 1.807) is 11.8 Å². The van der Waals surface area contributed by atoms with E-state index in [9.17, 15) is 22.8 Å². The smallest absolute Gasteiger partial charge is 0.433 e. The molecule has 1 saturated heterocycles. The van der Waals surface area contributed by atoms with Crippen LogP contribution in [0.2, 0.25) is 0 Å². The molecule has 2 aromatic heterocycles. The van der Waals surface area contributed by atoms with Crippen molar-refractivity contribution in [2.45, 2.75) is 25.9 Å². The number of aryl methyl sites for hydroxylation is 1. The monoisotopic (exact) mass is 372 g/mol. The lowest BCUT2D eigenvalue weighted by molar-refractivity contribution is -0.143. The van der Waals surface area contributed by atoms with Crippen LogP contribution in [0.25, 0.3) is 10.2 Å². The van der Waals surface area contributed by atoms with Crippen molar-refractivity contribution in [3.63, 3.8) is 0 Å². The molecule has 1 N–H and O–H groups in total. The highest BCUT2D eigenvalue weighted by molar-refractivity contribution is 7.20. The highest BCUT2D eigenvalue weighted by atomic mass is 32.1. The molecule has 3 rings (SSSR count). The van der Waals surface area contributed by atoms with E-state index in [1.165, 1.54) is 6.07 Å². The van der Waals surface area contributed by atoms with Crippen LogP contribution in [0.1, 0.15) is 33.8 Å². The fraction of sp³-hybridized carbons (Fsp3) is 0.438. The largest absolute Gasteiger partial charge is 0.481 e. The van der Waals surface area contributed by atoms with E-state index in [0.717, 1.165) is 17.4 Å². The number of pyridine rings is 1. The molecule has 9 heteroatoms. The predicted octanol–water partition coefficient (Wildman–Crippen LogP) is 3.56. The number of thiophene rings is 1. The first-order chi connectivity index (χ1) is 11.7. The average Bonchev–Trinajstić information content (AvgIpc) is 2.90. The number of carbonyl (C=O) groups excluding carboxylic acids is 1. The molecule has 0 radical (unpaired) electrons. The number of hydrogen-bond donors (Lipinski definition) is 1. The molecule has 1 amide bonds. The molecule has 5 nitrogen and oxygen atoms in total. The van der Waals surface area contributed by atoms with E-state index in [0.29, 0.717) is 41.8 Å². The highest BCUT2D eigenvalue weighted by Crippen LogP contribution is 2.35. The minimum absolute atomic E-state index is 0.177. The Morgan fingerprint density at radius 1 is 1.28 bits per heavy atom. The molecule has 1 aliphatic heterocycles. The van der Waals surface area contributed by atoms with Gasteiger partial charge >= 0.3 is 12.1 Å². The summed E-state index contributed by atoms with van der Waals surface area (Å²) in [5.74, 6) is -1.60. The number of carboxylic acids is 1. The highest BCUT2D eigenvalue weighted by Gasteiger charge is 2.34. The van der Waals surface area contributed by atoms with Crippen LogP contribution >= 0.6 is 11.3 Å². The molecule has 1 fully saturated rings. The van der Waals surface area contributed by atoms with Gasteiger partial charge in [0, 0.05) is 18.5 Å². The maximum absolute atomic E-state index is 12.8. The summed E-state index contributed by atoms with van der Waals surface area (Å²) in [4.78, 5) is 29.4. The molecule has 25 heavy (non-hydrogen) atoms. The zero-order valence-electron chi connectivity index (χ0n) is 13.3. The minimum atomic E-state index is -4.53. The van der Waals surface area contributed by atoms with Crippen molar-refractivity contribution < 1.29 is 27.9 Å². The fourth-order valence-corrected chi connectivity index (χ4v) is 4.08. The Bertz CT molecular complexity index is 839. The van der Waals surface area contributed by atoms with Gasteiger partial charge in [0.25, 0.3) is 5.91 Å². The first-order valence-corrected chi connectivity index (χ1v) is 8.49. The second-order valence-corrected chi connectivity index (χ2v) is 7.01. The summed E-state index contributed by atoms with van der Waals surface area (Å²) >= 11 is 0.944. The summed E-state index contributed by atoms with van der Waals surface area (Å²) < 4.78 is 38.4. The first-order valence-electron chi connectivity index (χ1n) is 7.68. The Hall–Kier alpha value is -2.16. The van der Waals surface area contributed by atoms with Crippen molar-refractivity contribution in [2.24, 2.45) is 5.92 Å². The number of nitrogens with zero attached hydrogens (tertiary/aromatic N) is 2. The summed E-state index contributed by atoms with van der Waals surface area (Å²) in [6, 6.07) is 2.25. The van der Waals surface area contributed by atoms with Gasteiger partial charge in [0.1, 0.15) is 10.5 Å². The van der Waals surface area contributed by atoms with Crippen molar-refractivity contribution in [3.8, 4) is 0 Å². The second-order valence-electron chi connectivity index (χ2n) is 6.01. The third-order valence-electron chi connectivity index (χ3n) is 4.42. The predicted molar refractivity (Wildman–Crippen MR) is 85.6 cm³/mol. The van der Waals surface area contributed by atoms with E-state index < -0.39 is 23.8 Å². The minimum Gasteiger partial charge on any atom is -0.481 e. The number of amides is 1. The van der Waals surface area contributed by atoms with Crippen LogP contribution in [0.5, 0.6) is 0 Å². The number of piperidine rings is 1. The number of likely N-dealkylation sites (tertiary alicyclic amines) is 1. The lowest BCUT2D eigenvalue weighted by Gasteiger charge is -2.29. The molecule has 0 bridgehead atoms. The topological polar surface area (TPSA) is 70.5 Å². The summed E-state index contributed by atoms with van der Waals surface area (Å²) in [5.41, 5.74) is -0.380. The Morgan fingerprint density at radius 3 is 2.48 bits per heavy atom. The number of alkyl halides is 3. The van der Waals surface area contributed by atoms with Gasteiger partial charge in [-0.05, 0) is 37.5 Å². The third-order valence-corrected chi connectivity index (χ3v) is 5.61. The van der Waals surface area contributed by atoms with Crippen LogP contribution in [0, 0.1) is 12.8 Å². The Labute approximate surface area is 145 Å². The number of hydrogen-bond acceptors (Lipinski definition) is 4. The lowest BCUT2D eigenvalue weighted by atomic mass is 9.97. The molecule has 2 aromatic rings. The van der Waals surface area contributed by atoms with Gasteiger partial charge in [-0.3, -0.25) is 9.59 Å².